The fourth-order valence-corrected chi connectivity index (χ4v) is 2.50. The molecule has 0 atom stereocenters. The van der Waals surface area contributed by atoms with E-state index < -0.39 is 0 Å². The van der Waals surface area contributed by atoms with E-state index in [1.54, 1.807) is 23.7 Å². The normalized spacial score (nSPS) is 11.1. The number of fused-ring (bicyclic) bond motifs is 1. The van der Waals surface area contributed by atoms with Gasteiger partial charge in [0.1, 0.15) is 11.0 Å². The summed E-state index contributed by atoms with van der Waals surface area (Å²) in [6.45, 7) is 0. The van der Waals surface area contributed by atoms with Crippen LogP contribution >= 0.6 is 22.9 Å². The van der Waals surface area contributed by atoms with Crippen LogP contribution in [0, 0.1) is 0 Å². The van der Waals surface area contributed by atoms with E-state index in [-0.39, 0.29) is 0 Å². The first-order valence-electron chi connectivity index (χ1n) is 4.70. The van der Waals surface area contributed by atoms with E-state index >= 15 is 0 Å². The van der Waals surface area contributed by atoms with Crippen molar-refractivity contribution in [1.82, 2.24) is 19.6 Å². The van der Waals surface area contributed by atoms with Gasteiger partial charge >= 0.3 is 0 Å². The van der Waals surface area contributed by atoms with Crippen molar-refractivity contribution in [2.75, 3.05) is 0 Å². The third-order valence-corrected chi connectivity index (χ3v) is 3.40. The Hall–Kier alpha value is -1.46. The van der Waals surface area contributed by atoms with Crippen molar-refractivity contribution in [3.63, 3.8) is 0 Å². The quantitative estimate of drug-likeness (QED) is 0.702. The predicted octanol–water partition coefficient (Wildman–Crippen LogP) is 2.43. The van der Waals surface area contributed by atoms with Gasteiger partial charge < -0.3 is 0 Å². The van der Waals surface area contributed by atoms with Gasteiger partial charge in [-0.25, -0.2) is 0 Å². The molecule has 80 valence electrons. The van der Waals surface area contributed by atoms with Crippen LogP contribution in [-0.2, 0) is 6.42 Å². The smallest absolute Gasteiger partial charge is 0.180 e. The van der Waals surface area contributed by atoms with Gasteiger partial charge in [-0.05, 0) is 11.4 Å². The maximum atomic E-state index is 6.07. The molecule has 3 heterocycles. The van der Waals surface area contributed by atoms with Gasteiger partial charge in [-0.3, -0.25) is 9.38 Å². The second kappa shape index (κ2) is 3.84. The molecule has 0 aliphatic carbocycles. The maximum Gasteiger partial charge on any atom is 0.180 e. The molecular formula is C10H7ClN4S. The van der Waals surface area contributed by atoms with Gasteiger partial charge in [0, 0.05) is 11.3 Å². The Kier molecular flexibility index (Phi) is 2.34. The molecule has 4 nitrogen and oxygen atoms in total. The van der Waals surface area contributed by atoms with E-state index in [0.717, 1.165) is 12.2 Å². The largest absolute Gasteiger partial charge is 0.266 e. The minimum Gasteiger partial charge on any atom is -0.266 e. The van der Waals surface area contributed by atoms with Crippen molar-refractivity contribution in [1.29, 1.82) is 0 Å². The van der Waals surface area contributed by atoms with E-state index in [1.165, 1.54) is 4.88 Å². The lowest BCUT2D eigenvalue weighted by Gasteiger charge is -1.99. The minimum atomic E-state index is 0.536. The van der Waals surface area contributed by atoms with Crippen LogP contribution in [0.1, 0.15) is 10.7 Å². The van der Waals surface area contributed by atoms with Gasteiger partial charge in [-0.15, -0.1) is 21.5 Å². The fraction of sp³-hybridized carbons (Fsp3) is 0.100. The third-order valence-electron chi connectivity index (χ3n) is 2.25. The van der Waals surface area contributed by atoms with Crippen LogP contribution in [-0.4, -0.2) is 19.6 Å². The average molecular weight is 251 g/mol. The first-order chi connectivity index (χ1) is 7.84. The molecule has 0 amide bonds. The molecule has 0 fully saturated rings. The van der Waals surface area contributed by atoms with Crippen LogP contribution in [0.4, 0.5) is 0 Å². The molecule has 6 heteroatoms. The van der Waals surface area contributed by atoms with Gasteiger partial charge in [0.25, 0.3) is 0 Å². The zero-order valence-electron chi connectivity index (χ0n) is 8.17. The van der Waals surface area contributed by atoms with E-state index in [0.29, 0.717) is 10.8 Å². The second-order valence-corrected chi connectivity index (χ2v) is 4.72. The minimum absolute atomic E-state index is 0.536. The molecule has 3 rings (SSSR count). The van der Waals surface area contributed by atoms with E-state index in [4.69, 9.17) is 11.6 Å². The summed E-state index contributed by atoms with van der Waals surface area (Å²) in [6.07, 6.45) is 3.98. The van der Waals surface area contributed by atoms with E-state index in [2.05, 4.69) is 21.2 Å². The molecule has 0 radical (unpaired) electrons. The Morgan fingerprint density at radius 1 is 1.31 bits per heavy atom. The highest BCUT2D eigenvalue weighted by molar-refractivity contribution is 7.09. The number of halogens is 1. The number of rotatable bonds is 2. The Bertz CT molecular complexity index is 617. The molecule has 16 heavy (non-hydrogen) atoms. The summed E-state index contributed by atoms with van der Waals surface area (Å²) in [7, 11) is 0. The number of thiophene rings is 1. The number of hydrogen-bond acceptors (Lipinski definition) is 4. The molecule has 0 saturated carbocycles. The summed E-state index contributed by atoms with van der Waals surface area (Å²) in [5.74, 6) is 0.838. The standard InChI is InChI=1S/C10H7ClN4S/c11-8-5-12-6-10-14-13-9(15(8)10)4-7-2-1-3-16-7/h1-3,5-6H,4H2. The highest BCUT2D eigenvalue weighted by Crippen LogP contribution is 2.17. The van der Waals surface area contributed by atoms with Crippen LogP contribution in [0.5, 0.6) is 0 Å². The maximum absolute atomic E-state index is 6.07. The van der Waals surface area contributed by atoms with Gasteiger partial charge in [0.05, 0.1) is 12.4 Å². The molecule has 0 saturated heterocycles. The lowest BCUT2D eigenvalue weighted by Crippen LogP contribution is -1.96. The van der Waals surface area contributed by atoms with Crippen molar-refractivity contribution in [3.8, 4) is 0 Å². The first-order valence-corrected chi connectivity index (χ1v) is 5.96. The third kappa shape index (κ3) is 1.58. The molecule has 0 bridgehead atoms. The van der Waals surface area contributed by atoms with Crippen molar-refractivity contribution in [3.05, 3.63) is 45.8 Å². The van der Waals surface area contributed by atoms with Crippen LogP contribution in [0.2, 0.25) is 5.15 Å². The van der Waals surface area contributed by atoms with Crippen LogP contribution < -0.4 is 0 Å². The molecule has 0 aliphatic rings. The van der Waals surface area contributed by atoms with Crippen LogP contribution in [0.15, 0.2) is 29.9 Å². The van der Waals surface area contributed by atoms with Gasteiger partial charge in [-0.1, -0.05) is 17.7 Å². The van der Waals surface area contributed by atoms with Crippen molar-refractivity contribution < 1.29 is 0 Å². The lowest BCUT2D eigenvalue weighted by atomic mass is 10.3. The SMILES string of the molecule is Clc1cncc2nnc(Cc3cccs3)n12. The summed E-state index contributed by atoms with van der Waals surface area (Å²) < 4.78 is 1.81. The van der Waals surface area contributed by atoms with Crippen LogP contribution in [0.25, 0.3) is 5.65 Å². The van der Waals surface area contributed by atoms with Crippen molar-refractivity contribution in [2.24, 2.45) is 0 Å². The highest BCUT2D eigenvalue weighted by Gasteiger charge is 2.09. The molecule has 0 N–H and O–H groups in total. The van der Waals surface area contributed by atoms with Gasteiger partial charge in [-0.2, -0.15) is 0 Å². The predicted molar refractivity (Wildman–Crippen MR) is 62.9 cm³/mol. The summed E-state index contributed by atoms with van der Waals surface area (Å²) in [4.78, 5) is 5.21. The molecule has 0 aliphatic heterocycles. The summed E-state index contributed by atoms with van der Waals surface area (Å²) in [5, 5.41) is 10.7. The molecule has 3 aromatic rings. The molecule has 3 aromatic heterocycles. The Morgan fingerprint density at radius 3 is 3.06 bits per heavy atom. The highest BCUT2D eigenvalue weighted by atomic mass is 35.5. The van der Waals surface area contributed by atoms with Crippen molar-refractivity contribution in [2.45, 2.75) is 6.42 Å². The zero-order valence-corrected chi connectivity index (χ0v) is 9.74. The van der Waals surface area contributed by atoms with E-state index in [9.17, 15) is 0 Å². The monoisotopic (exact) mass is 250 g/mol. The Labute approximate surface area is 101 Å². The number of hydrogen-bond donors (Lipinski definition) is 0. The van der Waals surface area contributed by atoms with Crippen molar-refractivity contribution >= 4 is 28.6 Å². The fourth-order valence-electron chi connectivity index (χ4n) is 1.55. The summed E-state index contributed by atoms with van der Waals surface area (Å²) in [5.41, 5.74) is 0.680. The second-order valence-electron chi connectivity index (χ2n) is 3.30. The Balaban J connectivity index is 2.10. The van der Waals surface area contributed by atoms with Gasteiger partial charge in [0.15, 0.2) is 5.65 Å². The molecule has 0 aromatic carbocycles. The first kappa shape index (κ1) is 9.74. The Morgan fingerprint density at radius 2 is 2.25 bits per heavy atom. The average Bonchev–Trinajstić information content (AvgIpc) is 2.90. The summed E-state index contributed by atoms with van der Waals surface area (Å²) >= 11 is 7.76. The lowest BCUT2D eigenvalue weighted by molar-refractivity contribution is 0.941. The summed E-state index contributed by atoms with van der Waals surface area (Å²) in [6, 6.07) is 4.09. The van der Waals surface area contributed by atoms with E-state index in [1.807, 2.05) is 15.8 Å². The molecular weight excluding hydrogens is 244 g/mol. The molecule has 0 unspecified atom stereocenters. The zero-order chi connectivity index (χ0) is 11.0. The van der Waals surface area contributed by atoms with Gasteiger partial charge in [0.2, 0.25) is 0 Å². The number of nitrogens with zero attached hydrogens (tertiary/aromatic N) is 4. The number of aromatic nitrogens is 4. The topological polar surface area (TPSA) is 43.1 Å². The van der Waals surface area contributed by atoms with Crippen LogP contribution in [0.3, 0.4) is 0 Å². The molecule has 0 spiro atoms.